The molecule has 3 heteroatoms. The van der Waals surface area contributed by atoms with Crippen LogP contribution in [0.5, 0.6) is 0 Å². The number of anilines is 1. The summed E-state index contributed by atoms with van der Waals surface area (Å²) in [6.07, 6.45) is 2.38. The van der Waals surface area contributed by atoms with E-state index in [1.807, 2.05) is 12.1 Å². The zero-order valence-corrected chi connectivity index (χ0v) is 10.6. The lowest BCUT2D eigenvalue weighted by molar-refractivity contribution is 0.153. The van der Waals surface area contributed by atoms with Gasteiger partial charge >= 0.3 is 0 Å². The molecule has 1 aromatic rings. The van der Waals surface area contributed by atoms with Gasteiger partial charge in [0.05, 0.1) is 6.61 Å². The summed E-state index contributed by atoms with van der Waals surface area (Å²) in [4.78, 5) is 2.53. The van der Waals surface area contributed by atoms with Crippen LogP contribution in [0, 0.1) is 5.92 Å². The fourth-order valence-electron chi connectivity index (χ4n) is 2.46. The minimum absolute atomic E-state index is 0.728. The molecule has 1 heterocycles. The molecule has 1 fully saturated rings. The van der Waals surface area contributed by atoms with E-state index in [0.717, 1.165) is 31.2 Å². The number of nitrogens with two attached hydrogens (primary N) is 1. The molecule has 0 amide bonds. The van der Waals surface area contributed by atoms with E-state index >= 15 is 0 Å². The van der Waals surface area contributed by atoms with Gasteiger partial charge in [0, 0.05) is 25.9 Å². The first-order valence-electron chi connectivity index (χ1n) is 6.33. The summed E-state index contributed by atoms with van der Waals surface area (Å²) in [5.41, 5.74) is 7.88. The minimum atomic E-state index is 0.728. The molecule has 1 atom stereocenters. The first kappa shape index (κ1) is 12.4. The molecule has 1 unspecified atom stereocenters. The number of methoxy groups -OCH3 is 1. The quantitative estimate of drug-likeness (QED) is 0.789. The average Bonchev–Trinajstić information content (AvgIpc) is 2.77. The van der Waals surface area contributed by atoms with Crippen LogP contribution in [-0.4, -0.2) is 38.3 Å². The van der Waals surface area contributed by atoms with Gasteiger partial charge in [-0.05, 0) is 43.0 Å². The third kappa shape index (κ3) is 3.72. The summed E-state index contributed by atoms with van der Waals surface area (Å²) in [5.74, 6) is 0.728. The lowest BCUT2D eigenvalue weighted by Gasteiger charge is -2.15. The van der Waals surface area contributed by atoms with Gasteiger partial charge in [-0.15, -0.1) is 0 Å². The Bertz CT molecular complexity index is 337. The second kappa shape index (κ2) is 6.03. The zero-order valence-electron chi connectivity index (χ0n) is 10.6. The van der Waals surface area contributed by atoms with Crippen LogP contribution < -0.4 is 5.73 Å². The summed E-state index contributed by atoms with van der Waals surface area (Å²) in [6.45, 7) is 4.44. The average molecular weight is 234 g/mol. The number of hydrogen-bond donors (Lipinski definition) is 1. The molecular weight excluding hydrogens is 212 g/mol. The van der Waals surface area contributed by atoms with Gasteiger partial charge in [-0.3, -0.25) is 0 Å². The third-order valence-electron chi connectivity index (χ3n) is 3.47. The van der Waals surface area contributed by atoms with Crippen molar-refractivity contribution in [1.29, 1.82) is 0 Å². The first-order chi connectivity index (χ1) is 8.28. The predicted octanol–water partition coefficient (Wildman–Crippen LogP) is 1.78. The van der Waals surface area contributed by atoms with Crippen molar-refractivity contribution in [3.8, 4) is 0 Å². The highest BCUT2D eigenvalue weighted by atomic mass is 16.5. The highest BCUT2D eigenvalue weighted by Crippen LogP contribution is 2.17. The maximum atomic E-state index is 5.67. The van der Waals surface area contributed by atoms with Gasteiger partial charge in [0.25, 0.3) is 0 Å². The molecule has 3 nitrogen and oxygen atoms in total. The first-order valence-corrected chi connectivity index (χ1v) is 6.33. The Balaban J connectivity index is 1.74. The van der Waals surface area contributed by atoms with Crippen molar-refractivity contribution in [2.24, 2.45) is 5.92 Å². The maximum Gasteiger partial charge on any atom is 0.0503 e. The van der Waals surface area contributed by atoms with Gasteiger partial charge in [-0.25, -0.2) is 0 Å². The molecule has 0 bridgehead atoms. The van der Waals surface area contributed by atoms with Gasteiger partial charge < -0.3 is 15.4 Å². The fraction of sp³-hybridized carbons (Fsp3) is 0.571. The molecule has 1 aliphatic rings. The number of benzene rings is 1. The normalized spacial score (nSPS) is 20.9. The van der Waals surface area contributed by atoms with Crippen LogP contribution >= 0.6 is 0 Å². The highest BCUT2D eigenvalue weighted by Gasteiger charge is 2.21. The van der Waals surface area contributed by atoms with Crippen LogP contribution in [0.1, 0.15) is 12.0 Å². The Morgan fingerprint density at radius 1 is 1.35 bits per heavy atom. The molecule has 0 saturated carbocycles. The molecule has 0 spiro atoms. The molecule has 1 aromatic carbocycles. The monoisotopic (exact) mass is 234 g/mol. The molecule has 1 saturated heterocycles. The molecule has 0 radical (unpaired) electrons. The van der Waals surface area contributed by atoms with Crippen LogP contribution in [-0.2, 0) is 11.2 Å². The summed E-state index contributed by atoms with van der Waals surface area (Å²) in [5, 5.41) is 0. The van der Waals surface area contributed by atoms with E-state index in [1.165, 1.54) is 25.1 Å². The Morgan fingerprint density at radius 2 is 2.12 bits per heavy atom. The van der Waals surface area contributed by atoms with E-state index in [-0.39, 0.29) is 0 Å². The van der Waals surface area contributed by atoms with Gasteiger partial charge in [0.15, 0.2) is 0 Å². The molecule has 0 aromatic heterocycles. The Morgan fingerprint density at radius 3 is 2.82 bits per heavy atom. The third-order valence-corrected chi connectivity index (χ3v) is 3.47. The van der Waals surface area contributed by atoms with Crippen molar-refractivity contribution in [3.05, 3.63) is 29.8 Å². The van der Waals surface area contributed by atoms with Crippen LogP contribution in [0.25, 0.3) is 0 Å². The Kier molecular flexibility index (Phi) is 4.40. The molecule has 17 heavy (non-hydrogen) atoms. The van der Waals surface area contributed by atoms with Crippen molar-refractivity contribution < 1.29 is 4.74 Å². The summed E-state index contributed by atoms with van der Waals surface area (Å²) >= 11 is 0. The Hall–Kier alpha value is -1.06. The lowest BCUT2D eigenvalue weighted by atomic mass is 10.1. The molecule has 1 aliphatic heterocycles. The summed E-state index contributed by atoms with van der Waals surface area (Å²) in [7, 11) is 1.79. The van der Waals surface area contributed by atoms with Crippen LogP contribution in [0.15, 0.2) is 24.3 Å². The van der Waals surface area contributed by atoms with E-state index in [9.17, 15) is 0 Å². The molecule has 2 N–H and O–H groups in total. The number of ether oxygens (including phenoxy) is 1. The van der Waals surface area contributed by atoms with E-state index in [4.69, 9.17) is 10.5 Å². The highest BCUT2D eigenvalue weighted by molar-refractivity contribution is 5.39. The van der Waals surface area contributed by atoms with E-state index in [1.54, 1.807) is 7.11 Å². The molecule has 94 valence electrons. The van der Waals surface area contributed by atoms with Gasteiger partial charge in [0.1, 0.15) is 0 Å². The fourth-order valence-corrected chi connectivity index (χ4v) is 2.46. The maximum absolute atomic E-state index is 5.67. The van der Waals surface area contributed by atoms with Crippen LogP contribution in [0.2, 0.25) is 0 Å². The molecule has 0 aliphatic carbocycles. The van der Waals surface area contributed by atoms with Gasteiger partial charge in [0.2, 0.25) is 0 Å². The predicted molar refractivity (Wildman–Crippen MR) is 71.0 cm³/mol. The van der Waals surface area contributed by atoms with Gasteiger partial charge in [-0.2, -0.15) is 0 Å². The number of nitrogen functional groups attached to an aromatic ring is 1. The SMILES string of the molecule is COCC1CCN(CCc2ccc(N)cc2)C1. The van der Waals surface area contributed by atoms with Crippen molar-refractivity contribution >= 4 is 5.69 Å². The van der Waals surface area contributed by atoms with Crippen molar-refractivity contribution in [2.45, 2.75) is 12.8 Å². The summed E-state index contributed by atoms with van der Waals surface area (Å²) in [6, 6.07) is 8.20. The lowest BCUT2D eigenvalue weighted by Crippen LogP contribution is -2.24. The number of rotatable bonds is 5. The van der Waals surface area contributed by atoms with Crippen LogP contribution in [0.4, 0.5) is 5.69 Å². The number of nitrogens with zero attached hydrogens (tertiary/aromatic N) is 1. The van der Waals surface area contributed by atoms with E-state index in [0.29, 0.717) is 0 Å². The second-order valence-corrected chi connectivity index (χ2v) is 4.90. The summed E-state index contributed by atoms with van der Waals surface area (Å²) < 4.78 is 5.21. The topological polar surface area (TPSA) is 38.5 Å². The number of likely N-dealkylation sites (tertiary alicyclic amines) is 1. The number of hydrogen-bond acceptors (Lipinski definition) is 3. The second-order valence-electron chi connectivity index (χ2n) is 4.90. The van der Waals surface area contributed by atoms with Crippen LogP contribution in [0.3, 0.4) is 0 Å². The van der Waals surface area contributed by atoms with Crippen molar-refractivity contribution in [2.75, 3.05) is 39.1 Å². The Labute approximate surface area is 104 Å². The largest absolute Gasteiger partial charge is 0.399 e. The molecule has 2 rings (SSSR count). The smallest absolute Gasteiger partial charge is 0.0503 e. The zero-order chi connectivity index (χ0) is 12.1. The minimum Gasteiger partial charge on any atom is -0.399 e. The van der Waals surface area contributed by atoms with Crippen molar-refractivity contribution in [3.63, 3.8) is 0 Å². The van der Waals surface area contributed by atoms with Crippen molar-refractivity contribution in [1.82, 2.24) is 4.90 Å². The molecular formula is C14H22N2O. The van der Waals surface area contributed by atoms with E-state index in [2.05, 4.69) is 17.0 Å². The van der Waals surface area contributed by atoms with Gasteiger partial charge in [-0.1, -0.05) is 12.1 Å². The standard InChI is InChI=1S/C14H22N2O/c1-17-11-13-7-9-16(10-13)8-6-12-2-4-14(15)5-3-12/h2-5,13H,6-11,15H2,1H3. The van der Waals surface area contributed by atoms with E-state index < -0.39 is 0 Å².